The smallest absolute Gasteiger partial charge is 0.543 e. The Kier molecular flexibility index (Phi) is 4.85. The number of nitrogens with zero attached hydrogens (tertiary/aromatic N) is 1. The van der Waals surface area contributed by atoms with Crippen molar-refractivity contribution >= 4 is 11.7 Å². The van der Waals surface area contributed by atoms with E-state index in [9.17, 15) is 23.1 Å². The van der Waals surface area contributed by atoms with E-state index in [1.54, 1.807) is 0 Å². The van der Waals surface area contributed by atoms with E-state index in [1.165, 1.54) is 12.1 Å². The topological polar surface area (TPSA) is 94.8 Å². The van der Waals surface area contributed by atoms with E-state index in [-0.39, 0.29) is 46.5 Å². The van der Waals surface area contributed by atoms with Crippen molar-refractivity contribution in [3.05, 3.63) is 35.5 Å². The quantitative estimate of drug-likeness (QED) is 0.629. The summed E-state index contributed by atoms with van der Waals surface area (Å²) < 4.78 is 37.7. The van der Waals surface area contributed by atoms with Crippen molar-refractivity contribution in [2.45, 2.75) is 6.18 Å². The Balaban J connectivity index is 0.00000200. The summed E-state index contributed by atoms with van der Waals surface area (Å²) in [4.78, 5) is 10.7. The molecule has 1 aromatic heterocycles. The summed E-state index contributed by atoms with van der Waals surface area (Å²) in [6.07, 6.45) is -4.50. The first-order valence-electron chi connectivity index (χ1n) is 5.03. The molecule has 0 fully saturated rings. The average Bonchev–Trinajstić information content (AvgIpc) is 2.70. The molecule has 1 aromatic carbocycles. The van der Waals surface area contributed by atoms with Gasteiger partial charge >= 0.3 is 35.7 Å². The second kappa shape index (κ2) is 5.86. The van der Waals surface area contributed by atoms with E-state index in [4.69, 9.17) is 5.73 Å². The zero-order chi connectivity index (χ0) is 14.2. The molecule has 0 radical (unpaired) electrons. The average molecular weight is 293 g/mol. The second-order valence-electron chi connectivity index (χ2n) is 3.73. The molecule has 2 aromatic rings. The van der Waals surface area contributed by atoms with Gasteiger partial charge in [0.05, 0.1) is 17.2 Å². The Morgan fingerprint density at radius 3 is 2.50 bits per heavy atom. The molecule has 1 heterocycles. The van der Waals surface area contributed by atoms with Crippen LogP contribution in [0.3, 0.4) is 0 Å². The van der Waals surface area contributed by atoms with Gasteiger partial charge in [0.1, 0.15) is 11.4 Å². The number of benzene rings is 1. The number of hydrogen-bond donors (Lipinski definition) is 2. The molecule has 0 aliphatic rings. The molecule has 0 saturated heterocycles. The normalized spacial score (nSPS) is 10.9. The number of hydrogen-bond acceptors (Lipinski definition) is 4. The van der Waals surface area contributed by atoms with E-state index < -0.39 is 23.4 Å². The third-order valence-electron chi connectivity index (χ3n) is 2.47. The van der Waals surface area contributed by atoms with Gasteiger partial charge in [0.25, 0.3) is 0 Å². The predicted molar refractivity (Wildman–Crippen MR) is 57.8 cm³/mol. The second-order valence-corrected chi connectivity index (χ2v) is 3.73. The maximum Gasteiger partial charge on any atom is 1.00 e. The zero-order valence-electron chi connectivity index (χ0n) is 10.3. The molecule has 0 unspecified atom stereocenters. The van der Waals surface area contributed by atoms with E-state index in [1.807, 2.05) is 0 Å². The molecule has 0 saturated carbocycles. The Hall–Kier alpha value is -1.51. The number of aromatic amines is 1. The molecule has 0 atom stereocenters. The summed E-state index contributed by atoms with van der Waals surface area (Å²) in [6.45, 7) is 0. The number of aromatic nitrogens is 2. The fourth-order valence-electron chi connectivity index (χ4n) is 1.57. The number of rotatable bonds is 2. The van der Waals surface area contributed by atoms with Crippen LogP contribution in [0.5, 0.6) is 0 Å². The van der Waals surface area contributed by atoms with E-state index >= 15 is 0 Å². The van der Waals surface area contributed by atoms with Gasteiger partial charge in [-0.2, -0.15) is 18.3 Å². The van der Waals surface area contributed by atoms with Gasteiger partial charge in [-0.05, 0) is 12.1 Å². The maximum atomic E-state index is 12.6. The van der Waals surface area contributed by atoms with Crippen molar-refractivity contribution in [1.29, 1.82) is 0 Å². The maximum absolute atomic E-state index is 12.6. The number of carbonyl (C=O) groups excluding carboxylic acids is 1. The fourth-order valence-corrected chi connectivity index (χ4v) is 1.57. The van der Waals surface area contributed by atoms with Crippen molar-refractivity contribution in [3.63, 3.8) is 0 Å². The number of nitrogen functional groups attached to an aromatic ring is 1. The van der Waals surface area contributed by atoms with Crippen LogP contribution in [-0.4, -0.2) is 16.2 Å². The molecule has 0 bridgehead atoms. The molecule has 9 heteroatoms. The molecule has 0 spiro atoms. The van der Waals surface area contributed by atoms with Crippen LogP contribution >= 0.6 is 0 Å². The van der Waals surface area contributed by atoms with Gasteiger partial charge in [-0.25, -0.2) is 0 Å². The van der Waals surface area contributed by atoms with Gasteiger partial charge in [0.2, 0.25) is 0 Å². The molecule has 0 aliphatic heterocycles. The number of H-pyrrole nitrogens is 1. The summed E-state index contributed by atoms with van der Waals surface area (Å²) in [5.74, 6) is -1.58. The van der Waals surface area contributed by atoms with Gasteiger partial charge in [0.15, 0.2) is 0 Å². The molecule has 100 valence electrons. The molecule has 3 N–H and O–H groups in total. The van der Waals surface area contributed by atoms with Gasteiger partial charge in [-0.15, -0.1) is 0 Å². The van der Waals surface area contributed by atoms with Crippen LogP contribution in [0.25, 0.3) is 11.3 Å². The van der Waals surface area contributed by atoms with Gasteiger partial charge in [-0.3, -0.25) is 5.10 Å². The van der Waals surface area contributed by atoms with Crippen LogP contribution in [0, 0.1) is 0 Å². The van der Waals surface area contributed by atoms with Crippen LogP contribution in [-0.2, 0) is 6.18 Å². The Bertz CT molecular complexity index is 640. The number of aromatic carboxylic acids is 1. The van der Waals surface area contributed by atoms with Gasteiger partial charge in [0, 0.05) is 5.56 Å². The summed E-state index contributed by atoms with van der Waals surface area (Å²) in [5, 5.41) is 16.4. The standard InChI is InChI=1S/C11H8F3N3O2.Na/c12-11(13,14)6-3-1-2-5(4-6)8-7(15)9(10(18)19)17-16-8;/h1-4H,15H2,(H,16,17)(H,18,19);/q;+1/p-1. The summed E-state index contributed by atoms with van der Waals surface area (Å²) in [7, 11) is 0. The van der Waals surface area contributed by atoms with E-state index in [0.717, 1.165) is 12.1 Å². The van der Waals surface area contributed by atoms with Crippen LogP contribution in [0.2, 0.25) is 0 Å². The van der Waals surface area contributed by atoms with Crippen LogP contribution in [0.1, 0.15) is 16.1 Å². The molecule has 0 amide bonds. The van der Waals surface area contributed by atoms with Gasteiger partial charge < -0.3 is 15.6 Å². The zero-order valence-corrected chi connectivity index (χ0v) is 12.3. The summed E-state index contributed by atoms with van der Waals surface area (Å²) in [5.41, 5.74) is 3.90. The van der Waals surface area contributed by atoms with Crippen LogP contribution < -0.4 is 40.4 Å². The number of carboxylic acids is 1. The molecule has 2 rings (SSSR count). The number of alkyl halides is 3. The molecule has 0 aliphatic carbocycles. The SMILES string of the molecule is Nc1c(-c2cccc(C(F)(F)F)c2)n[nH]c1C(=O)[O-].[Na+]. The fraction of sp³-hybridized carbons (Fsp3) is 0.0909. The molecule has 5 nitrogen and oxygen atoms in total. The molecule has 20 heavy (non-hydrogen) atoms. The van der Waals surface area contributed by atoms with Crippen molar-refractivity contribution in [2.75, 3.05) is 5.73 Å². The molecular weight excluding hydrogens is 286 g/mol. The minimum atomic E-state index is -4.50. The monoisotopic (exact) mass is 293 g/mol. The van der Waals surface area contributed by atoms with E-state index in [0.29, 0.717) is 0 Å². The Labute approximate surface area is 133 Å². The largest absolute Gasteiger partial charge is 1.00 e. The van der Waals surface area contributed by atoms with E-state index in [2.05, 4.69) is 10.2 Å². The summed E-state index contributed by atoms with van der Waals surface area (Å²) in [6, 6.07) is 4.27. The summed E-state index contributed by atoms with van der Waals surface area (Å²) >= 11 is 0. The Morgan fingerprint density at radius 2 is 2.00 bits per heavy atom. The molecular formula is C11H7F3N3NaO2. The number of anilines is 1. The van der Waals surface area contributed by atoms with Crippen molar-refractivity contribution in [1.82, 2.24) is 10.2 Å². The minimum Gasteiger partial charge on any atom is -0.543 e. The number of nitrogens with two attached hydrogens (primary N) is 1. The van der Waals surface area contributed by atoms with Crippen molar-refractivity contribution < 1.29 is 52.6 Å². The van der Waals surface area contributed by atoms with Gasteiger partial charge in [-0.1, -0.05) is 12.1 Å². The van der Waals surface area contributed by atoms with Crippen LogP contribution in [0.4, 0.5) is 18.9 Å². The van der Waals surface area contributed by atoms with Crippen molar-refractivity contribution in [3.8, 4) is 11.3 Å². The van der Waals surface area contributed by atoms with Crippen molar-refractivity contribution in [2.24, 2.45) is 0 Å². The number of halogens is 3. The third kappa shape index (κ3) is 3.14. The number of carboxylic acid groups (broad SMARTS) is 1. The number of nitrogens with one attached hydrogen (secondary N) is 1. The minimum absolute atomic E-state index is 0. The van der Waals surface area contributed by atoms with Crippen LogP contribution in [0.15, 0.2) is 24.3 Å². The first kappa shape index (κ1) is 16.5. The number of carbonyl (C=O) groups is 1. The predicted octanol–water partition coefficient (Wildman–Crippen LogP) is -1.95. The first-order chi connectivity index (χ1) is 8.80. The Morgan fingerprint density at radius 1 is 1.35 bits per heavy atom. The first-order valence-corrected chi connectivity index (χ1v) is 5.03. The third-order valence-corrected chi connectivity index (χ3v) is 2.47.